The highest BCUT2D eigenvalue weighted by molar-refractivity contribution is 6.02. The predicted octanol–water partition coefficient (Wildman–Crippen LogP) is 4.45. The van der Waals surface area contributed by atoms with Gasteiger partial charge in [-0.3, -0.25) is 14.8 Å². The summed E-state index contributed by atoms with van der Waals surface area (Å²) in [6, 6.07) is 13.0. The molecule has 4 aromatic rings. The number of benzene rings is 1. The molecule has 0 aliphatic heterocycles. The third-order valence-corrected chi connectivity index (χ3v) is 4.95. The molecule has 6 nitrogen and oxygen atoms in total. The predicted molar refractivity (Wildman–Crippen MR) is 118 cm³/mol. The molecule has 0 spiro atoms. The molecule has 1 N–H and O–H groups in total. The van der Waals surface area contributed by atoms with Gasteiger partial charge in [0.25, 0.3) is 0 Å². The van der Waals surface area contributed by atoms with Crippen LogP contribution in [0.3, 0.4) is 0 Å². The Morgan fingerprint density at radius 3 is 2.84 bits per heavy atom. The second-order valence-corrected chi connectivity index (χ2v) is 6.97. The molecule has 0 aliphatic rings. The monoisotopic (exact) mass is 416 g/mol. The molecule has 0 fully saturated rings. The summed E-state index contributed by atoms with van der Waals surface area (Å²) in [4.78, 5) is 25.0. The van der Waals surface area contributed by atoms with E-state index in [2.05, 4.69) is 21.5 Å². The minimum Gasteiger partial charge on any atom is -0.489 e. The zero-order valence-corrected chi connectivity index (χ0v) is 17.0. The summed E-state index contributed by atoms with van der Waals surface area (Å²) in [7, 11) is 1.68. The Morgan fingerprint density at radius 1 is 1.26 bits per heavy atom. The molecule has 0 unspecified atom stereocenters. The normalized spacial score (nSPS) is 10.8. The molecule has 7 heteroatoms. The maximum Gasteiger partial charge on any atom is 0.245 e. The molecular formula is C24H21FN4O2. The highest BCUT2D eigenvalue weighted by atomic mass is 19.1. The van der Waals surface area contributed by atoms with Gasteiger partial charge in [0, 0.05) is 30.4 Å². The number of fused-ring (bicyclic) bond motifs is 1. The van der Waals surface area contributed by atoms with Crippen LogP contribution in [0.2, 0.25) is 0 Å². The smallest absolute Gasteiger partial charge is 0.245 e. The lowest BCUT2D eigenvalue weighted by atomic mass is 10.0. The van der Waals surface area contributed by atoms with Crippen molar-refractivity contribution in [3.8, 4) is 28.1 Å². The Kier molecular flexibility index (Phi) is 5.75. The summed E-state index contributed by atoms with van der Waals surface area (Å²) in [5.41, 5.74) is 4.58. The van der Waals surface area contributed by atoms with Crippen molar-refractivity contribution in [1.29, 1.82) is 0 Å². The Hall–Kier alpha value is -4.00. The average molecular weight is 416 g/mol. The number of hydrogen-bond acceptors (Lipinski definition) is 4. The molecule has 1 aromatic carbocycles. The third-order valence-electron chi connectivity index (χ3n) is 4.95. The number of hydrogen-bond donors (Lipinski definition) is 1. The number of aromatic nitrogens is 3. The second-order valence-electron chi connectivity index (χ2n) is 6.97. The lowest BCUT2D eigenvalue weighted by molar-refractivity contribution is -0.125. The van der Waals surface area contributed by atoms with Crippen LogP contribution in [0.4, 0.5) is 4.39 Å². The molecule has 156 valence electrons. The van der Waals surface area contributed by atoms with Gasteiger partial charge < -0.3 is 14.6 Å². The molecule has 3 heterocycles. The van der Waals surface area contributed by atoms with Crippen molar-refractivity contribution in [3.05, 3.63) is 79.5 Å². The number of carbonyl (C=O) groups excluding carboxylic acids is 1. The van der Waals surface area contributed by atoms with Crippen LogP contribution in [0.1, 0.15) is 0 Å². The molecule has 0 radical (unpaired) electrons. The second kappa shape index (κ2) is 8.79. The van der Waals surface area contributed by atoms with E-state index < -0.39 is 5.82 Å². The number of halogens is 1. The van der Waals surface area contributed by atoms with Gasteiger partial charge in [0.2, 0.25) is 5.91 Å². The fourth-order valence-electron chi connectivity index (χ4n) is 3.40. The van der Waals surface area contributed by atoms with Crippen LogP contribution in [0.15, 0.2) is 73.7 Å². The van der Waals surface area contributed by atoms with Crippen molar-refractivity contribution in [2.45, 2.75) is 0 Å². The van der Waals surface area contributed by atoms with Crippen LogP contribution < -0.4 is 4.74 Å². The summed E-state index contributed by atoms with van der Waals surface area (Å²) in [5.74, 6) is -0.0442. The van der Waals surface area contributed by atoms with Gasteiger partial charge in [-0.25, -0.2) is 4.39 Å². The van der Waals surface area contributed by atoms with Crippen LogP contribution in [0.25, 0.3) is 33.4 Å². The van der Waals surface area contributed by atoms with Gasteiger partial charge in [0.05, 0.1) is 35.7 Å². The maximum absolute atomic E-state index is 13.8. The first-order valence-electron chi connectivity index (χ1n) is 9.76. The summed E-state index contributed by atoms with van der Waals surface area (Å²) in [5, 5.41) is 0. The number of H-pyrrole nitrogens is 1. The van der Waals surface area contributed by atoms with Crippen LogP contribution >= 0.6 is 0 Å². The van der Waals surface area contributed by atoms with Gasteiger partial charge in [-0.1, -0.05) is 36.9 Å². The first-order chi connectivity index (χ1) is 15.1. The van der Waals surface area contributed by atoms with E-state index in [-0.39, 0.29) is 12.5 Å². The molecule has 0 atom stereocenters. The van der Waals surface area contributed by atoms with E-state index in [9.17, 15) is 9.18 Å². The van der Waals surface area contributed by atoms with E-state index in [0.717, 1.165) is 22.4 Å². The van der Waals surface area contributed by atoms with Gasteiger partial charge in [0.15, 0.2) is 0 Å². The number of carbonyl (C=O) groups is 1. The minimum atomic E-state index is -0.416. The standard InChI is InChI=1S/C24H21FN4O2/c1-3-21(30)29(2)11-12-31-20-15-26-10-9-18(20)23-22(16-7-5-4-6-8-16)24-19(28-23)13-17(25)14-27-24/h3-10,13-15,28H,1,11-12H2,2H3. The lowest BCUT2D eigenvalue weighted by Crippen LogP contribution is -2.29. The molecular weight excluding hydrogens is 395 g/mol. The molecule has 3 aromatic heterocycles. The zero-order valence-electron chi connectivity index (χ0n) is 17.0. The SMILES string of the molecule is C=CC(=O)N(C)CCOc1cnccc1-c1[nH]c2cc(F)cnc2c1-c1ccccc1. The molecule has 4 rings (SSSR count). The number of aromatic amines is 1. The van der Waals surface area contributed by atoms with Gasteiger partial charge >= 0.3 is 0 Å². The Balaban J connectivity index is 1.76. The van der Waals surface area contributed by atoms with Crippen LogP contribution in [0.5, 0.6) is 5.75 Å². The topological polar surface area (TPSA) is 71.1 Å². The first kappa shape index (κ1) is 20.3. The Bertz CT molecular complexity index is 1240. The quantitative estimate of drug-likeness (QED) is 0.452. The fourth-order valence-corrected chi connectivity index (χ4v) is 3.40. The average Bonchev–Trinajstić information content (AvgIpc) is 3.17. The highest BCUT2D eigenvalue weighted by Crippen LogP contribution is 2.40. The lowest BCUT2D eigenvalue weighted by Gasteiger charge is -2.16. The number of nitrogens with zero attached hydrogens (tertiary/aromatic N) is 3. The number of rotatable bonds is 7. The summed E-state index contributed by atoms with van der Waals surface area (Å²) in [6.07, 6.45) is 5.77. The molecule has 1 amide bonds. The van der Waals surface area contributed by atoms with E-state index in [1.807, 2.05) is 36.4 Å². The van der Waals surface area contributed by atoms with Crippen molar-refractivity contribution in [2.75, 3.05) is 20.2 Å². The first-order valence-corrected chi connectivity index (χ1v) is 9.76. The third kappa shape index (κ3) is 4.16. The van der Waals surface area contributed by atoms with Crippen LogP contribution in [-0.2, 0) is 4.79 Å². The van der Waals surface area contributed by atoms with Gasteiger partial charge in [-0.2, -0.15) is 0 Å². The zero-order chi connectivity index (χ0) is 21.8. The fraction of sp³-hybridized carbons (Fsp3) is 0.125. The summed E-state index contributed by atoms with van der Waals surface area (Å²) < 4.78 is 19.8. The van der Waals surface area contributed by atoms with E-state index in [0.29, 0.717) is 23.3 Å². The summed E-state index contributed by atoms with van der Waals surface area (Å²) in [6.45, 7) is 4.16. The molecule has 0 bridgehead atoms. The van der Waals surface area contributed by atoms with Crippen LogP contribution in [-0.4, -0.2) is 46.0 Å². The number of ether oxygens (including phenoxy) is 1. The number of likely N-dealkylation sites (N-methyl/N-ethyl adjacent to an activating group) is 1. The van der Waals surface area contributed by atoms with Crippen molar-refractivity contribution in [3.63, 3.8) is 0 Å². The van der Waals surface area contributed by atoms with Gasteiger partial charge in [-0.05, 0) is 17.7 Å². The molecule has 31 heavy (non-hydrogen) atoms. The van der Waals surface area contributed by atoms with Crippen LogP contribution in [0, 0.1) is 5.82 Å². The van der Waals surface area contributed by atoms with E-state index >= 15 is 0 Å². The van der Waals surface area contributed by atoms with Crippen molar-refractivity contribution in [2.24, 2.45) is 0 Å². The molecule has 0 aliphatic carbocycles. The highest BCUT2D eigenvalue weighted by Gasteiger charge is 2.19. The largest absolute Gasteiger partial charge is 0.489 e. The van der Waals surface area contributed by atoms with E-state index in [1.54, 1.807) is 19.4 Å². The Morgan fingerprint density at radius 2 is 2.06 bits per heavy atom. The molecule has 0 saturated heterocycles. The van der Waals surface area contributed by atoms with Crippen molar-refractivity contribution >= 4 is 16.9 Å². The summed E-state index contributed by atoms with van der Waals surface area (Å²) >= 11 is 0. The van der Waals surface area contributed by atoms with E-state index in [4.69, 9.17) is 4.74 Å². The van der Waals surface area contributed by atoms with Crippen molar-refractivity contribution < 1.29 is 13.9 Å². The maximum atomic E-state index is 13.8. The Labute approximate surface area is 179 Å². The van der Waals surface area contributed by atoms with Gasteiger partial charge in [0.1, 0.15) is 18.2 Å². The van der Waals surface area contributed by atoms with Gasteiger partial charge in [-0.15, -0.1) is 0 Å². The van der Waals surface area contributed by atoms with E-state index in [1.165, 1.54) is 23.2 Å². The number of amides is 1. The number of pyridine rings is 2. The molecule has 0 saturated carbocycles. The van der Waals surface area contributed by atoms with Crippen molar-refractivity contribution in [1.82, 2.24) is 19.9 Å². The minimum absolute atomic E-state index is 0.176. The number of nitrogens with one attached hydrogen (secondary N) is 1.